The van der Waals surface area contributed by atoms with Crippen LogP contribution < -0.4 is 5.73 Å². The zero-order valence-corrected chi connectivity index (χ0v) is 11.6. The van der Waals surface area contributed by atoms with Crippen molar-refractivity contribution in [2.75, 3.05) is 0 Å². The van der Waals surface area contributed by atoms with Crippen molar-refractivity contribution in [3.8, 4) is 6.07 Å². The van der Waals surface area contributed by atoms with Crippen molar-refractivity contribution in [1.82, 2.24) is 4.90 Å². The fourth-order valence-electron chi connectivity index (χ4n) is 3.21. The van der Waals surface area contributed by atoms with E-state index in [1.165, 1.54) is 0 Å². The van der Waals surface area contributed by atoms with E-state index >= 15 is 0 Å². The second kappa shape index (κ2) is 4.29. The van der Waals surface area contributed by atoms with Crippen LogP contribution in [-0.4, -0.2) is 39.6 Å². The number of rotatable bonds is 2. The van der Waals surface area contributed by atoms with Crippen LogP contribution in [0.1, 0.15) is 77.1 Å². The smallest absolute Gasteiger partial charge is 0.241 e. The average Bonchev–Trinajstić information content (AvgIpc) is 3.38. The summed E-state index contributed by atoms with van der Waals surface area (Å²) in [5.74, 6) is -13.3. The molecule has 1 heterocycles. The van der Waals surface area contributed by atoms with Crippen molar-refractivity contribution in [1.29, 1.82) is 5.26 Å². The van der Waals surface area contributed by atoms with Gasteiger partial charge in [-0.25, -0.2) is 0 Å². The van der Waals surface area contributed by atoms with Crippen LogP contribution >= 0.6 is 0 Å². The molecule has 6 fully saturated rings. The molecule has 0 aromatic rings. The number of amides is 1. The Morgan fingerprint density at radius 3 is 2.74 bits per heavy atom. The van der Waals surface area contributed by atoms with E-state index in [1.54, 1.807) is 0 Å². The minimum absolute atomic E-state index is 0.201. The van der Waals surface area contributed by atoms with E-state index in [9.17, 15) is 15.2 Å². The molecule has 4 bridgehead atoms. The Hall–Kier alpha value is -1.12. The van der Waals surface area contributed by atoms with Crippen LogP contribution in [0.25, 0.3) is 0 Å². The maximum Gasteiger partial charge on any atom is 0.241 e. The van der Waals surface area contributed by atoms with Gasteiger partial charge in [-0.2, -0.15) is 5.26 Å². The monoisotopic (exact) mass is 334 g/mol. The third kappa shape index (κ3) is 1.88. The summed E-state index contributed by atoms with van der Waals surface area (Å²) in [4.78, 5) is 13.9. The number of fused-ring (bicyclic) bond motifs is 1. The standard InChI is InChI=1S/C18H25N3O2/c19-8-13-2-12-3-14(12)21(13)16(22)15(20)17-4-10-1-11(5-17)7-18(23,6-10)9-17/h10-15,23H,1-7,9,20H2/t10?,11?,12-,13+,14+,15-,17?,18?/m1/s1/i1D2,2D2,4D2,5D2,6D2,7D2,9D2,10D,11D,12D,13D,14D. The number of hydrogen-bond acceptors (Lipinski definition) is 4. The Bertz CT molecular complexity index is 1280. The molecule has 0 spiro atoms. The molecule has 6 rings (SSSR count). The maximum absolute atomic E-state index is 14.1. The highest BCUT2D eigenvalue weighted by molar-refractivity contribution is 5.84. The lowest BCUT2D eigenvalue weighted by molar-refractivity contribution is -0.177. The van der Waals surface area contributed by atoms with Crippen LogP contribution in [0.15, 0.2) is 0 Å². The molecule has 6 aliphatic rings. The van der Waals surface area contributed by atoms with Crippen LogP contribution in [0.3, 0.4) is 0 Å². The highest BCUT2D eigenvalue weighted by atomic mass is 16.3. The summed E-state index contributed by atoms with van der Waals surface area (Å²) >= 11 is 0. The van der Waals surface area contributed by atoms with E-state index in [0.29, 0.717) is 0 Å². The number of piperidine rings is 1. The fraction of sp³-hybridized carbons (Fsp3) is 0.889. The van der Waals surface area contributed by atoms with Gasteiger partial charge in [0.2, 0.25) is 5.91 Å². The fourth-order valence-corrected chi connectivity index (χ4v) is 3.21. The van der Waals surface area contributed by atoms with Crippen molar-refractivity contribution >= 4 is 5.91 Å². The molecule has 0 radical (unpaired) electrons. The molecule has 5 aliphatic carbocycles. The lowest BCUT2D eigenvalue weighted by atomic mass is 9.46. The Labute approximate surface area is 163 Å². The molecule has 5 nitrogen and oxygen atoms in total. The first-order chi connectivity index (χ1) is 18.2. The number of likely N-dealkylation sites (tertiary alicyclic amines) is 1. The van der Waals surface area contributed by atoms with E-state index in [-0.39, 0.29) is 4.90 Å². The number of aliphatic hydroxyl groups is 1. The van der Waals surface area contributed by atoms with Gasteiger partial charge in [-0.05, 0) is 74.1 Å². The predicted octanol–water partition coefficient (Wildman–Crippen LogP) is 1.16. The average molecular weight is 335 g/mol. The Kier molecular flexibility index (Phi) is 0.882. The first kappa shape index (κ1) is 4.74. The minimum Gasteiger partial charge on any atom is -0.390 e. The molecular formula is C18H25N3O2. The molecule has 124 valence electrons. The summed E-state index contributed by atoms with van der Waals surface area (Å²) in [7, 11) is 0. The molecule has 23 heavy (non-hydrogen) atoms. The molecule has 1 saturated heterocycles. The third-order valence-electron chi connectivity index (χ3n) is 4.27. The molecule has 1 amide bonds. The van der Waals surface area contributed by atoms with Crippen LogP contribution in [0.4, 0.5) is 0 Å². The molecule has 1 aliphatic heterocycles. The molecule has 5 saturated carbocycles. The second-order valence-electron chi connectivity index (χ2n) is 5.86. The van der Waals surface area contributed by atoms with Crippen molar-refractivity contribution < 1.29 is 35.9 Å². The van der Waals surface area contributed by atoms with Gasteiger partial charge >= 0.3 is 0 Å². The number of hydrogen-bond donors (Lipinski definition) is 2. The first-order valence-corrected chi connectivity index (χ1v) is 6.94. The topological polar surface area (TPSA) is 90.3 Å². The van der Waals surface area contributed by atoms with Crippen molar-refractivity contribution in [3.63, 3.8) is 0 Å². The van der Waals surface area contributed by atoms with E-state index in [2.05, 4.69) is 0 Å². The minimum atomic E-state index is -4.46. The van der Waals surface area contributed by atoms with E-state index < -0.39 is 104 Å². The van der Waals surface area contributed by atoms with Gasteiger partial charge in [-0.15, -0.1) is 0 Å². The normalized spacial score (nSPS) is 97.3. The van der Waals surface area contributed by atoms with Gasteiger partial charge in [0.15, 0.2) is 0 Å². The van der Waals surface area contributed by atoms with Gasteiger partial charge in [0.1, 0.15) is 6.02 Å². The molecule has 2 unspecified atom stereocenters. The predicted molar refractivity (Wildman–Crippen MR) is 82.8 cm³/mol. The van der Waals surface area contributed by atoms with Crippen molar-refractivity contribution in [2.24, 2.45) is 28.8 Å². The summed E-state index contributed by atoms with van der Waals surface area (Å²) in [6.45, 7) is 0. The Morgan fingerprint density at radius 2 is 2.09 bits per heavy atom. The largest absolute Gasteiger partial charge is 0.390 e. The summed E-state index contributed by atoms with van der Waals surface area (Å²) in [5.41, 5.74) is -2.63. The quantitative estimate of drug-likeness (QED) is 0.793. The van der Waals surface area contributed by atoms with E-state index in [4.69, 9.17) is 31.8 Å². The number of carbonyl (C=O) groups excluding carboxylic acids is 1. The van der Waals surface area contributed by atoms with E-state index in [1.807, 2.05) is 0 Å². The van der Waals surface area contributed by atoms with Gasteiger partial charge in [0.05, 0.1) is 20.5 Å². The highest BCUT2D eigenvalue weighted by Gasteiger charge is 2.62. The zero-order valence-electron chi connectivity index (χ0n) is 30.6. The van der Waals surface area contributed by atoms with Crippen LogP contribution in [0, 0.1) is 34.4 Å². The summed E-state index contributed by atoms with van der Waals surface area (Å²) in [6, 6.07) is -8.39. The van der Waals surface area contributed by atoms with E-state index in [0.717, 1.165) is 6.07 Å². The molecule has 6 atom stereocenters. The molecule has 0 aromatic heterocycles. The second-order valence-corrected chi connectivity index (χ2v) is 5.86. The summed E-state index contributed by atoms with van der Waals surface area (Å²) in [6.07, 6.45) is -30.1. The summed E-state index contributed by atoms with van der Waals surface area (Å²) in [5, 5.41) is 21.4. The van der Waals surface area contributed by atoms with Crippen LogP contribution in [0.5, 0.6) is 0 Å². The van der Waals surface area contributed by atoms with Crippen LogP contribution in [0.2, 0.25) is 0 Å². The number of nitrogens with two attached hydrogens (primary N) is 1. The third-order valence-corrected chi connectivity index (χ3v) is 4.27. The van der Waals surface area contributed by atoms with Gasteiger partial charge in [0, 0.05) is 29.3 Å². The molecular weight excluding hydrogens is 290 g/mol. The van der Waals surface area contributed by atoms with Gasteiger partial charge in [0.25, 0.3) is 0 Å². The molecule has 5 heteroatoms. The lowest BCUT2D eigenvalue weighted by Crippen LogP contribution is -2.64. The maximum atomic E-state index is 14.1. The van der Waals surface area contributed by atoms with Gasteiger partial charge in [-0.3, -0.25) is 4.79 Å². The Morgan fingerprint density at radius 1 is 1.39 bits per heavy atom. The Balaban J connectivity index is 1.91. The van der Waals surface area contributed by atoms with Crippen LogP contribution in [-0.2, 0) is 4.79 Å². The van der Waals surface area contributed by atoms with Gasteiger partial charge < -0.3 is 15.7 Å². The highest BCUT2D eigenvalue weighted by Crippen LogP contribution is 2.63. The summed E-state index contributed by atoms with van der Waals surface area (Å²) < 4.78 is 164. The van der Waals surface area contributed by atoms with Gasteiger partial charge in [-0.1, -0.05) is 0 Å². The molecule has 3 N–H and O–H groups in total. The number of carbonyl (C=O) groups is 1. The molecule has 0 aromatic carbocycles. The number of nitrogens with zero attached hydrogens (tertiary/aromatic N) is 2. The first-order valence-electron chi connectivity index (χ1n) is 16.4. The zero-order chi connectivity index (χ0) is 33.1. The SMILES string of the molecule is [2H]C1([2H])C2([2H])C([2H])([2H])C3(O)C([2H])([2H])C1([2H])C([2H])([2H])C([C@H](N)C(=O)N1[C@]([2H])(C#N)C([2H])([2H])[C@]4([2H])C[C@]14[2H])(C2([2H])[2H])C3([2H])[2H]. The van der Waals surface area contributed by atoms with Crippen molar-refractivity contribution in [2.45, 2.75) is 74.7 Å². The number of nitriles is 1. The lowest BCUT2D eigenvalue weighted by Gasteiger charge is -2.61. The van der Waals surface area contributed by atoms with Crippen molar-refractivity contribution in [3.05, 3.63) is 0 Å².